The number of carbonyl (C=O) groups excluding carboxylic acids is 1. The van der Waals surface area contributed by atoms with Gasteiger partial charge in [-0.05, 0) is 30.5 Å². The highest BCUT2D eigenvalue weighted by atomic mass is 32.3. The zero-order chi connectivity index (χ0) is 12.6. The molecule has 4 nitrogen and oxygen atoms in total. The first-order chi connectivity index (χ1) is 7.89. The zero-order valence-corrected chi connectivity index (χ0v) is 10.1. The molecule has 1 heterocycles. The van der Waals surface area contributed by atoms with Gasteiger partial charge in [0.05, 0.1) is 0 Å². The number of anilines is 1. The van der Waals surface area contributed by atoms with Crippen molar-refractivity contribution in [1.82, 2.24) is 0 Å². The van der Waals surface area contributed by atoms with Gasteiger partial charge in [0.2, 0.25) is 5.91 Å². The smallest absolute Gasteiger partial charge is 0.312 e. The van der Waals surface area contributed by atoms with Crippen LogP contribution in [0.4, 0.5) is 9.57 Å². The number of rotatable bonds is 1. The SMILES string of the molecule is CC(=O)N1CCCc2ccc(S(=O)(=O)F)cc21. The molecule has 1 aliphatic rings. The average molecular weight is 257 g/mol. The molecular formula is C11H12FNO3S. The topological polar surface area (TPSA) is 54.5 Å². The first-order valence-corrected chi connectivity index (χ1v) is 6.63. The molecule has 17 heavy (non-hydrogen) atoms. The lowest BCUT2D eigenvalue weighted by molar-refractivity contribution is -0.116. The molecule has 0 saturated carbocycles. The minimum absolute atomic E-state index is 0.167. The first kappa shape index (κ1) is 12.0. The summed E-state index contributed by atoms with van der Waals surface area (Å²) in [6, 6.07) is 4.03. The number of amides is 1. The van der Waals surface area contributed by atoms with Crippen molar-refractivity contribution in [3.05, 3.63) is 23.8 Å². The Bertz CT molecular complexity index is 568. The third-order valence-electron chi connectivity index (χ3n) is 2.84. The van der Waals surface area contributed by atoms with Crippen molar-refractivity contribution < 1.29 is 17.1 Å². The summed E-state index contributed by atoms with van der Waals surface area (Å²) in [4.78, 5) is 12.5. The molecular weight excluding hydrogens is 245 g/mol. The Labute approximate surface area is 99.3 Å². The van der Waals surface area contributed by atoms with Gasteiger partial charge in [-0.1, -0.05) is 6.07 Å². The molecule has 0 aliphatic carbocycles. The van der Waals surface area contributed by atoms with Crippen LogP contribution in [0, 0.1) is 0 Å². The molecule has 1 aromatic carbocycles. The Balaban J connectivity index is 2.55. The Morgan fingerprint density at radius 3 is 2.71 bits per heavy atom. The van der Waals surface area contributed by atoms with Gasteiger partial charge in [-0.3, -0.25) is 4.79 Å². The molecule has 92 valence electrons. The third kappa shape index (κ3) is 2.31. The van der Waals surface area contributed by atoms with Crippen molar-refractivity contribution in [3.8, 4) is 0 Å². The van der Waals surface area contributed by atoms with E-state index in [1.807, 2.05) is 0 Å². The van der Waals surface area contributed by atoms with E-state index < -0.39 is 15.1 Å². The Hall–Kier alpha value is -1.43. The van der Waals surface area contributed by atoms with E-state index in [4.69, 9.17) is 0 Å². The number of hydrogen-bond donors (Lipinski definition) is 0. The molecule has 0 unspecified atom stereocenters. The highest BCUT2D eigenvalue weighted by Crippen LogP contribution is 2.30. The predicted molar refractivity (Wildman–Crippen MR) is 61.1 cm³/mol. The van der Waals surface area contributed by atoms with Gasteiger partial charge < -0.3 is 4.90 Å². The van der Waals surface area contributed by atoms with Crippen molar-refractivity contribution in [2.75, 3.05) is 11.4 Å². The van der Waals surface area contributed by atoms with Gasteiger partial charge in [-0.2, -0.15) is 8.42 Å². The van der Waals surface area contributed by atoms with Gasteiger partial charge in [0.25, 0.3) is 0 Å². The van der Waals surface area contributed by atoms with E-state index in [2.05, 4.69) is 0 Å². The molecule has 1 aromatic rings. The number of carbonyl (C=O) groups is 1. The van der Waals surface area contributed by atoms with Crippen LogP contribution in [0.1, 0.15) is 18.9 Å². The van der Waals surface area contributed by atoms with Crippen LogP contribution in [0.3, 0.4) is 0 Å². The molecule has 0 aromatic heterocycles. The number of nitrogens with zero attached hydrogens (tertiary/aromatic N) is 1. The summed E-state index contributed by atoms with van der Waals surface area (Å²) >= 11 is 0. The van der Waals surface area contributed by atoms with E-state index in [1.54, 1.807) is 6.07 Å². The van der Waals surface area contributed by atoms with E-state index in [-0.39, 0.29) is 5.91 Å². The molecule has 0 N–H and O–H groups in total. The van der Waals surface area contributed by atoms with Crippen molar-refractivity contribution in [1.29, 1.82) is 0 Å². The van der Waals surface area contributed by atoms with Gasteiger partial charge in [0.1, 0.15) is 4.90 Å². The van der Waals surface area contributed by atoms with E-state index in [1.165, 1.54) is 24.0 Å². The number of halogens is 1. The van der Waals surface area contributed by atoms with Crippen molar-refractivity contribution in [3.63, 3.8) is 0 Å². The fourth-order valence-electron chi connectivity index (χ4n) is 2.03. The van der Waals surface area contributed by atoms with Crippen LogP contribution >= 0.6 is 0 Å². The normalized spacial score (nSPS) is 15.5. The highest BCUT2D eigenvalue weighted by Gasteiger charge is 2.22. The third-order valence-corrected chi connectivity index (χ3v) is 3.65. The van der Waals surface area contributed by atoms with Gasteiger partial charge in [0, 0.05) is 19.2 Å². The summed E-state index contributed by atoms with van der Waals surface area (Å²) < 4.78 is 34.5. The second-order valence-electron chi connectivity index (χ2n) is 4.00. The van der Waals surface area contributed by atoms with Crippen molar-refractivity contribution in [2.45, 2.75) is 24.7 Å². The predicted octanol–water partition coefficient (Wildman–Crippen LogP) is 1.64. The summed E-state index contributed by atoms with van der Waals surface area (Å²) in [5, 5.41) is 0. The van der Waals surface area contributed by atoms with Crippen LogP contribution < -0.4 is 4.90 Å². The first-order valence-electron chi connectivity index (χ1n) is 5.25. The number of fused-ring (bicyclic) bond motifs is 1. The number of hydrogen-bond acceptors (Lipinski definition) is 3. The monoisotopic (exact) mass is 257 g/mol. The summed E-state index contributed by atoms with van der Waals surface area (Å²) in [5.74, 6) is -0.167. The van der Waals surface area contributed by atoms with E-state index in [0.717, 1.165) is 18.4 Å². The summed E-state index contributed by atoms with van der Waals surface area (Å²) in [7, 11) is -4.72. The number of benzene rings is 1. The van der Waals surface area contributed by atoms with Crippen LogP contribution in [-0.4, -0.2) is 20.9 Å². The van der Waals surface area contributed by atoms with E-state index in [9.17, 15) is 17.1 Å². The lowest BCUT2D eigenvalue weighted by Gasteiger charge is -2.28. The lowest BCUT2D eigenvalue weighted by atomic mass is 10.0. The molecule has 0 fully saturated rings. The van der Waals surface area contributed by atoms with Crippen LogP contribution in [0.15, 0.2) is 23.1 Å². The molecule has 6 heteroatoms. The standard InChI is InChI=1S/C11H12FNO3S/c1-8(14)13-6-2-3-9-4-5-10(7-11(9)13)17(12,15)16/h4-5,7H,2-3,6H2,1H3. The van der Waals surface area contributed by atoms with Crippen LogP contribution in [0.5, 0.6) is 0 Å². The maximum Gasteiger partial charge on any atom is 0.332 e. The second kappa shape index (κ2) is 4.10. The minimum atomic E-state index is -4.72. The fraction of sp³-hybridized carbons (Fsp3) is 0.364. The molecule has 1 aliphatic heterocycles. The van der Waals surface area contributed by atoms with Crippen LogP contribution in [0.25, 0.3) is 0 Å². The largest absolute Gasteiger partial charge is 0.332 e. The highest BCUT2D eigenvalue weighted by molar-refractivity contribution is 7.86. The van der Waals surface area contributed by atoms with Crippen molar-refractivity contribution >= 4 is 21.8 Å². The molecule has 0 atom stereocenters. The zero-order valence-electron chi connectivity index (χ0n) is 9.31. The quantitative estimate of drug-likeness (QED) is 0.719. The molecule has 0 bridgehead atoms. The maximum absolute atomic E-state index is 12.9. The molecule has 0 saturated heterocycles. The lowest BCUT2D eigenvalue weighted by Crippen LogP contribution is -2.33. The molecule has 0 spiro atoms. The molecule has 2 rings (SSSR count). The van der Waals surface area contributed by atoms with Gasteiger partial charge >= 0.3 is 10.2 Å². The van der Waals surface area contributed by atoms with E-state index >= 15 is 0 Å². The van der Waals surface area contributed by atoms with Crippen LogP contribution in [-0.2, 0) is 21.4 Å². The maximum atomic E-state index is 12.9. The Kier molecular flexibility index (Phi) is 2.91. The van der Waals surface area contributed by atoms with E-state index in [0.29, 0.717) is 12.2 Å². The molecule has 0 radical (unpaired) electrons. The number of aryl methyl sites for hydroxylation is 1. The second-order valence-corrected chi connectivity index (χ2v) is 5.35. The van der Waals surface area contributed by atoms with Gasteiger partial charge in [-0.15, -0.1) is 3.89 Å². The Morgan fingerprint density at radius 2 is 2.12 bits per heavy atom. The van der Waals surface area contributed by atoms with Gasteiger partial charge in [-0.25, -0.2) is 0 Å². The minimum Gasteiger partial charge on any atom is -0.312 e. The Morgan fingerprint density at radius 1 is 1.41 bits per heavy atom. The average Bonchev–Trinajstić information content (AvgIpc) is 2.26. The fourth-order valence-corrected chi connectivity index (χ4v) is 2.52. The van der Waals surface area contributed by atoms with Crippen LogP contribution in [0.2, 0.25) is 0 Å². The summed E-state index contributed by atoms with van der Waals surface area (Å²) in [5.41, 5.74) is 1.38. The van der Waals surface area contributed by atoms with Crippen molar-refractivity contribution in [2.24, 2.45) is 0 Å². The summed E-state index contributed by atoms with van der Waals surface area (Å²) in [6.45, 7) is 1.95. The van der Waals surface area contributed by atoms with Gasteiger partial charge in [0.15, 0.2) is 0 Å². The summed E-state index contributed by atoms with van der Waals surface area (Å²) in [6.07, 6.45) is 1.60. The molecule has 1 amide bonds.